The molecule has 1 fully saturated rings. The van der Waals surface area contributed by atoms with Crippen LogP contribution < -0.4 is 10.1 Å². The molecule has 23 heavy (non-hydrogen) atoms. The third kappa shape index (κ3) is 4.37. The van der Waals surface area contributed by atoms with E-state index in [1.807, 2.05) is 13.8 Å². The summed E-state index contributed by atoms with van der Waals surface area (Å²) in [6.45, 7) is 4.12. The van der Waals surface area contributed by atoms with E-state index < -0.39 is 17.9 Å². The molecule has 0 radical (unpaired) electrons. The molecule has 126 valence electrons. The number of ketones is 1. The van der Waals surface area contributed by atoms with Crippen molar-refractivity contribution in [3.8, 4) is 5.75 Å². The lowest BCUT2D eigenvalue weighted by Crippen LogP contribution is -2.40. The van der Waals surface area contributed by atoms with Gasteiger partial charge in [0.15, 0.2) is 5.78 Å². The summed E-state index contributed by atoms with van der Waals surface area (Å²) in [6, 6.07) is 4.36. The second-order valence-electron chi connectivity index (χ2n) is 5.62. The van der Waals surface area contributed by atoms with Gasteiger partial charge in [0.05, 0.1) is 12.6 Å². The first kappa shape index (κ1) is 17.1. The van der Waals surface area contributed by atoms with Gasteiger partial charge in [-0.3, -0.25) is 4.79 Å². The molecule has 0 spiro atoms. The maximum Gasteiger partial charge on any atom is 0.573 e. The fourth-order valence-corrected chi connectivity index (χ4v) is 2.45. The zero-order valence-electron chi connectivity index (χ0n) is 12.7. The van der Waals surface area contributed by atoms with Gasteiger partial charge in [0.2, 0.25) is 0 Å². The van der Waals surface area contributed by atoms with Crippen molar-refractivity contribution in [2.24, 2.45) is 5.92 Å². The van der Waals surface area contributed by atoms with Crippen molar-refractivity contribution in [1.29, 1.82) is 0 Å². The van der Waals surface area contributed by atoms with E-state index in [1.54, 1.807) is 0 Å². The molecule has 1 aromatic rings. The van der Waals surface area contributed by atoms with Gasteiger partial charge in [0.25, 0.3) is 0 Å². The van der Waals surface area contributed by atoms with Crippen LogP contribution in [0.3, 0.4) is 0 Å². The van der Waals surface area contributed by atoms with Crippen LogP contribution in [0, 0.1) is 5.92 Å². The predicted octanol–water partition coefficient (Wildman–Crippen LogP) is 2.82. The van der Waals surface area contributed by atoms with Crippen molar-refractivity contribution in [3.05, 3.63) is 29.8 Å². The smallest absolute Gasteiger partial charge is 0.406 e. The van der Waals surface area contributed by atoms with E-state index in [2.05, 4.69) is 10.1 Å². The number of hydrogen-bond acceptors (Lipinski definition) is 3. The first-order valence-corrected chi connectivity index (χ1v) is 7.11. The Morgan fingerprint density at radius 3 is 2.74 bits per heavy atom. The maximum absolute atomic E-state index is 12.3. The van der Waals surface area contributed by atoms with Crippen LogP contribution in [0.2, 0.25) is 0 Å². The largest absolute Gasteiger partial charge is 0.573 e. The van der Waals surface area contributed by atoms with Crippen LogP contribution in [0.15, 0.2) is 24.3 Å². The summed E-state index contributed by atoms with van der Waals surface area (Å²) in [5.41, 5.74) is 0.0638. The third-order valence-electron chi connectivity index (χ3n) is 3.60. The number of hydrogen-bond donors (Lipinski definition) is 1. The number of carbonyl (C=O) groups is 2. The van der Waals surface area contributed by atoms with E-state index in [9.17, 15) is 22.8 Å². The summed E-state index contributed by atoms with van der Waals surface area (Å²) in [5, 5.41) is 2.66. The first-order valence-electron chi connectivity index (χ1n) is 7.11. The molecule has 8 heteroatoms. The van der Waals surface area contributed by atoms with Crippen molar-refractivity contribution in [1.82, 2.24) is 10.2 Å². The number of nitrogens with zero attached hydrogens (tertiary/aromatic N) is 1. The van der Waals surface area contributed by atoms with Gasteiger partial charge in [0.1, 0.15) is 5.75 Å². The molecule has 1 heterocycles. The standard InChI is InChI=1S/C15H17F3N2O3/c1-9(2)12-7-19-14(22)20(12)8-13(21)10-4-3-5-11(6-10)23-15(16,17)18/h3-6,9,12H,7-8H2,1-2H3,(H,19,22)/t12-/m1/s1. The van der Waals surface area contributed by atoms with Crippen LogP contribution in [0.5, 0.6) is 5.75 Å². The van der Waals surface area contributed by atoms with E-state index in [-0.39, 0.29) is 30.1 Å². The average molecular weight is 330 g/mol. The molecule has 1 aliphatic heterocycles. The number of urea groups is 1. The molecule has 1 aromatic carbocycles. The number of nitrogens with one attached hydrogen (secondary N) is 1. The predicted molar refractivity (Wildman–Crippen MR) is 76.2 cm³/mol. The van der Waals surface area contributed by atoms with Gasteiger partial charge in [-0.1, -0.05) is 26.0 Å². The zero-order valence-corrected chi connectivity index (χ0v) is 12.7. The molecule has 5 nitrogen and oxygen atoms in total. The second-order valence-corrected chi connectivity index (χ2v) is 5.62. The van der Waals surface area contributed by atoms with E-state index >= 15 is 0 Å². The molecule has 2 rings (SSSR count). The summed E-state index contributed by atoms with van der Waals surface area (Å²) >= 11 is 0. The fourth-order valence-electron chi connectivity index (χ4n) is 2.45. The number of ether oxygens (including phenoxy) is 1. The quantitative estimate of drug-likeness (QED) is 0.845. The Morgan fingerprint density at radius 2 is 2.13 bits per heavy atom. The van der Waals surface area contributed by atoms with Crippen LogP contribution in [-0.4, -0.2) is 42.2 Å². The number of Topliss-reactive ketones (excluding diaryl/α,β-unsaturated/α-hetero) is 1. The van der Waals surface area contributed by atoms with Crippen molar-refractivity contribution < 1.29 is 27.5 Å². The summed E-state index contributed by atoms with van der Waals surface area (Å²) in [5.74, 6) is -0.753. The highest BCUT2D eigenvalue weighted by molar-refractivity contribution is 5.99. The Morgan fingerprint density at radius 1 is 1.43 bits per heavy atom. The maximum atomic E-state index is 12.3. The van der Waals surface area contributed by atoms with Gasteiger partial charge in [-0.25, -0.2) is 4.79 Å². The van der Waals surface area contributed by atoms with E-state index in [0.29, 0.717) is 6.54 Å². The van der Waals surface area contributed by atoms with E-state index in [4.69, 9.17) is 0 Å². The van der Waals surface area contributed by atoms with Crippen LogP contribution in [0.1, 0.15) is 24.2 Å². The lowest BCUT2D eigenvalue weighted by atomic mass is 10.0. The number of halogens is 3. The summed E-state index contributed by atoms with van der Waals surface area (Å²) in [4.78, 5) is 25.5. The summed E-state index contributed by atoms with van der Waals surface area (Å²) < 4.78 is 40.5. The lowest BCUT2D eigenvalue weighted by Gasteiger charge is -2.25. The number of rotatable bonds is 5. The molecule has 0 bridgehead atoms. The van der Waals surface area contributed by atoms with Gasteiger partial charge in [-0.2, -0.15) is 0 Å². The van der Waals surface area contributed by atoms with Crippen molar-refractivity contribution in [2.45, 2.75) is 26.3 Å². The second kappa shape index (κ2) is 6.47. The number of carbonyl (C=O) groups excluding carboxylic acids is 2. The third-order valence-corrected chi connectivity index (χ3v) is 3.60. The van der Waals surface area contributed by atoms with Gasteiger partial charge in [-0.05, 0) is 18.1 Å². The Kier molecular flexibility index (Phi) is 4.82. The number of alkyl halides is 3. The summed E-state index contributed by atoms with van der Waals surface area (Å²) in [6.07, 6.45) is -4.82. The minimum absolute atomic E-state index is 0.0638. The molecular formula is C15H17F3N2O3. The fraction of sp³-hybridized carbons (Fsp3) is 0.467. The van der Waals surface area contributed by atoms with E-state index in [1.165, 1.54) is 17.0 Å². The van der Waals surface area contributed by atoms with Crippen molar-refractivity contribution in [2.75, 3.05) is 13.1 Å². The van der Waals surface area contributed by atoms with Gasteiger partial charge < -0.3 is 15.0 Å². The highest BCUT2D eigenvalue weighted by Gasteiger charge is 2.34. The van der Waals surface area contributed by atoms with Gasteiger partial charge in [-0.15, -0.1) is 13.2 Å². The monoisotopic (exact) mass is 330 g/mol. The van der Waals surface area contributed by atoms with Gasteiger partial charge in [0, 0.05) is 12.1 Å². The molecule has 0 saturated carbocycles. The molecular weight excluding hydrogens is 313 g/mol. The Balaban J connectivity index is 2.11. The number of amides is 2. The summed E-state index contributed by atoms with van der Waals surface area (Å²) in [7, 11) is 0. The van der Waals surface area contributed by atoms with Crippen LogP contribution >= 0.6 is 0 Å². The van der Waals surface area contributed by atoms with Crippen LogP contribution in [0.4, 0.5) is 18.0 Å². The number of benzene rings is 1. The average Bonchev–Trinajstić information content (AvgIpc) is 2.79. The molecule has 1 N–H and O–H groups in total. The Labute approximate surface area is 131 Å². The molecule has 1 atom stereocenters. The van der Waals surface area contributed by atoms with Crippen molar-refractivity contribution >= 4 is 11.8 Å². The first-order chi connectivity index (χ1) is 10.7. The zero-order chi connectivity index (χ0) is 17.2. The van der Waals surface area contributed by atoms with Crippen LogP contribution in [-0.2, 0) is 0 Å². The highest BCUT2D eigenvalue weighted by Crippen LogP contribution is 2.24. The van der Waals surface area contributed by atoms with Gasteiger partial charge >= 0.3 is 12.4 Å². The molecule has 0 unspecified atom stereocenters. The normalized spacial score (nSPS) is 18.3. The molecule has 2 amide bonds. The molecule has 1 aliphatic rings. The molecule has 0 aliphatic carbocycles. The minimum atomic E-state index is -4.82. The van der Waals surface area contributed by atoms with Crippen LogP contribution in [0.25, 0.3) is 0 Å². The van der Waals surface area contributed by atoms with Crippen molar-refractivity contribution in [3.63, 3.8) is 0 Å². The Bertz CT molecular complexity index is 602. The minimum Gasteiger partial charge on any atom is -0.406 e. The topological polar surface area (TPSA) is 58.6 Å². The van der Waals surface area contributed by atoms with E-state index in [0.717, 1.165) is 12.1 Å². The Hall–Kier alpha value is -2.25. The lowest BCUT2D eigenvalue weighted by molar-refractivity contribution is -0.274. The SMILES string of the molecule is CC(C)[C@H]1CNC(=O)N1CC(=O)c1cccc(OC(F)(F)F)c1. The molecule has 1 saturated heterocycles. The molecule has 0 aromatic heterocycles. The highest BCUT2D eigenvalue weighted by atomic mass is 19.4.